The van der Waals surface area contributed by atoms with E-state index in [9.17, 15) is 13.5 Å². The van der Waals surface area contributed by atoms with E-state index in [0.29, 0.717) is 16.4 Å². The van der Waals surface area contributed by atoms with Crippen molar-refractivity contribution in [2.24, 2.45) is 10.1 Å². The van der Waals surface area contributed by atoms with E-state index in [0.717, 1.165) is 5.69 Å². The van der Waals surface area contributed by atoms with Crippen LogP contribution >= 0.6 is 11.6 Å². The number of nitrogens with two attached hydrogens (primary N) is 1. The lowest BCUT2D eigenvalue weighted by molar-refractivity contribution is -0.0110. The Kier molecular flexibility index (Phi) is 5.05. The van der Waals surface area contributed by atoms with Crippen molar-refractivity contribution in [1.29, 1.82) is 0 Å². The van der Waals surface area contributed by atoms with Crippen molar-refractivity contribution in [2.45, 2.75) is 10.6 Å². The number of aliphatic hydroxyl groups is 1. The number of ether oxygens (including phenoxy) is 1. The average molecular weight is 396 g/mol. The molecule has 9 heteroatoms. The number of hydrogen-bond donors (Lipinski definition) is 2. The van der Waals surface area contributed by atoms with Gasteiger partial charge >= 0.3 is 0 Å². The Labute approximate surface area is 156 Å². The number of sulfonamides is 1. The molecule has 0 aromatic heterocycles. The monoisotopic (exact) mass is 395 g/mol. The van der Waals surface area contributed by atoms with Crippen LogP contribution in [0.3, 0.4) is 0 Å². The van der Waals surface area contributed by atoms with Crippen LogP contribution in [0.4, 0.5) is 5.69 Å². The topological polar surface area (TPSA) is 105 Å². The smallest absolute Gasteiger partial charge is 0.238 e. The zero-order valence-corrected chi connectivity index (χ0v) is 15.5. The summed E-state index contributed by atoms with van der Waals surface area (Å²) in [6.45, 7) is 0.213. The Bertz CT molecular complexity index is 929. The Morgan fingerprint density at radius 3 is 2.38 bits per heavy atom. The SMILES string of the molecule is COCC1(O)CN(c2ccc(Cl)cc2)C(c2ccc(S(N)(=O)=O)cc2)=N1. The second-order valence-electron chi connectivity index (χ2n) is 5.98. The molecule has 0 fully saturated rings. The zero-order chi connectivity index (χ0) is 18.9. The summed E-state index contributed by atoms with van der Waals surface area (Å²) in [6, 6.07) is 13.1. The van der Waals surface area contributed by atoms with Crippen molar-refractivity contribution in [3.05, 3.63) is 59.1 Å². The molecule has 2 aromatic rings. The number of hydrogen-bond acceptors (Lipinski definition) is 6. The summed E-state index contributed by atoms with van der Waals surface area (Å²) in [6.07, 6.45) is 0. The van der Waals surface area contributed by atoms with E-state index in [1.54, 1.807) is 24.3 Å². The van der Waals surface area contributed by atoms with Gasteiger partial charge in [0.2, 0.25) is 10.0 Å². The molecular weight excluding hydrogens is 378 g/mol. The summed E-state index contributed by atoms with van der Waals surface area (Å²) in [5.41, 5.74) is 0.0116. The number of rotatable bonds is 5. The van der Waals surface area contributed by atoms with Gasteiger partial charge in [0.15, 0.2) is 5.72 Å². The van der Waals surface area contributed by atoms with Crippen LogP contribution in [0.1, 0.15) is 5.56 Å². The number of anilines is 1. The van der Waals surface area contributed by atoms with Crippen LogP contribution in [0.5, 0.6) is 0 Å². The first kappa shape index (κ1) is 18.8. The van der Waals surface area contributed by atoms with Gasteiger partial charge in [0.25, 0.3) is 0 Å². The van der Waals surface area contributed by atoms with Gasteiger partial charge in [0.05, 0.1) is 18.0 Å². The van der Waals surface area contributed by atoms with Gasteiger partial charge in [-0.2, -0.15) is 0 Å². The Morgan fingerprint density at radius 1 is 1.23 bits per heavy atom. The summed E-state index contributed by atoms with van der Waals surface area (Å²) >= 11 is 5.95. The molecule has 0 radical (unpaired) electrons. The quantitative estimate of drug-likeness (QED) is 0.799. The molecule has 1 aliphatic heterocycles. The van der Waals surface area contributed by atoms with E-state index in [1.165, 1.54) is 19.2 Å². The van der Waals surface area contributed by atoms with Crippen molar-refractivity contribution in [3.8, 4) is 0 Å². The minimum atomic E-state index is -3.78. The largest absolute Gasteiger partial charge is 0.380 e. The van der Waals surface area contributed by atoms with Crippen LogP contribution in [-0.4, -0.2) is 45.3 Å². The third-order valence-electron chi connectivity index (χ3n) is 3.94. The summed E-state index contributed by atoms with van der Waals surface area (Å²) in [5.74, 6) is 0.493. The van der Waals surface area contributed by atoms with Crippen LogP contribution in [0, 0.1) is 0 Å². The van der Waals surface area contributed by atoms with Crippen molar-refractivity contribution < 1.29 is 18.3 Å². The van der Waals surface area contributed by atoms with E-state index in [4.69, 9.17) is 21.5 Å². The summed E-state index contributed by atoms with van der Waals surface area (Å²) in [5, 5.41) is 16.4. The zero-order valence-electron chi connectivity index (χ0n) is 14.0. The summed E-state index contributed by atoms with van der Waals surface area (Å²) in [7, 11) is -2.30. The maximum Gasteiger partial charge on any atom is 0.238 e. The molecule has 2 aromatic carbocycles. The molecule has 0 aliphatic carbocycles. The minimum absolute atomic E-state index is 0.00467. The molecule has 1 unspecified atom stereocenters. The fraction of sp³-hybridized carbons (Fsp3) is 0.235. The lowest BCUT2D eigenvalue weighted by Gasteiger charge is -2.24. The number of benzene rings is 2. The van der Waals surface area contributed by atoms with E-state index < -0.39 is 15.7 Å². The second kappa shape index (κ2) is 6.98. The van der Waals surface area contributed by atoms with Gasteiger partial charge in [-0.15, -0.1) is 0 Å². The van der Waals surface area contributed by atoms with Crippen molar-refractivity contribution >= 4 is 33.1 Å². The maximum absolute atomic E-state index is 11.4. The molecular formula is C17H18ClN3O4S. The first-order valence-corrected chi connectivity index (χ1v) is 9.62. The van der Waals surface area contributed by atoms with Crippen molar-refractivity contribution in [1.82, 2.24) is 0 Å². The van der Waals surface area contributed by atoms with Crippen LogP contribution in [0.25, 0.3) is 0 Å². The molecule has 0 bridgehead atoms. The molecule has 3 rings (SSSR count). The highest BCUT2D eigenvalue weighted by atomic mass is 35.5. The lowest BCUT2D eigenvalue weighted by Crippen LogP contribution is -2.39. The fourth-order valence-corrected chi connectivity index (χ4v) is 3.42. The number of methoxy groups -OCH3 is 1. The third kappa shape index (κ3) is 3.89. The summed E-state index contributed by atoms with van der Waals surface area (Å²) in [4.78, 5) is 6.24. The lowest BCUT2D eigenvalue weighted by atomic mass is 10.1. The number of β-amino-alcohol motifs (C(OH)–C–C–N with tert-alkyl or cyclic N) is 1. The highest BCUT2D eigenvalue weighted by molar-refractivity contribution is 7.89. The molecule has 0 saturated heterocycles. The van der Waals surface area contributed by atoms with Gasteiger partial charge in [-0.3, -0.25) is 0 Å². The normalized spacial score (nSPS) is 20.3. The van der Waals surface area contributed by atoms with E-state index >= 15 is 0 Å². The molecule has 3 N–H and O–H groups in total. The summed E-state index contributed by atoms with van der Waals surface area (Å²) < 4.78 is 28.0. The fourth-order valence-electron chi connectivity index (χ4n) is 2.78. The Balaban J connectivity index is 2.02. The molecule has 138 valence electrons. The van der Waals surface area contributed by atoms with Crippen LogP contribution in [0.15, 0.2) is 58.4 Å². The van der Waals surface area contributed by atoms with Gasteiger partial charge < -0.3 is 14.7 Å². The van der Waals surface area contributed by atoms with Crippen LogP contribution in [-0.2, 0) is 14.8 Å². The third-order valence-corrected chi connectivity index (χ3v) is 5.12. The van der Waals surface area contributed by atoms with Gasteiger partial charge in [-0.05, 0) is 48.5 Å². The molecule has 1 atom stereocenters. The van der Waals surface area contributed by atoms with Crippen LogP contribution in [0.2, 0.25) is 5.02 Å². The standard InChI is InChI=1S/C17H18ClN3O4S/c1-25-11-17(22)10-21(14-6-4-13(18)5-7-14)16(20-17)12-2-8-15(9-3-12)26(19,23)24/h2-9,22H,10-11H2,1H3,(H2,19,23,24). The van der Waals surface area contributed by atoms with E-state index in [-0.39, 0.29) is 18.0 Å². The Hall–Kier alpha value is -1.97. The molecule has 26 heavy (non-hydrogen) atoms. The molecule has 7 nitrogen and oxygen atoms in total. The van der Waals surface area contributed by atoms with E-state index in [1.807, 2.05) is 17.0 Å². The average Bonchev–Trinajstić information content (AvgIpc) is 2.93. The first-order valence-electron chi connectivity index (χ1n) is 7.69. The van der Waals surface area contributed by atoms with Gasteiger partial charge in [-0.1, -0.05) is 11.6 Å². The van der Waals surface area contributed by atoms with Gasteiger partial charge in [0.1, 0.15) is 5.84 Å². The second-order valence-corrected chi connectivity index (χ2v) is 7.98. The minimum Gasteiger partial charge on any atom is -0.380 e. The Morgan fingerprint density at radius 2 is 1.85 bits per heavy atom. The first-order chi connectivity index (χ1) is 12.2. The maximum atomic E-state index is 11.4. The van der Waals surface area contributed by atoms with Crippen molar-refractivity contribution in [3.63, 3.8) is 0 Å². The number of aliphatic imine (C=N–C) groups is 1. The molecule has 0 spiro atoms. The highest BCUT2D eigenvalue weighted by Gasteiger charge is 2.38. The highest BCUT2D eigenvalue weighted by Crippen LogP contribution is 2.29. The van der Waals surface area contributed by atoms with Gasteiger partial charge in [0, 0.05) is 23.4 Å². The molecule has 0 amide bonds. The molecule has 1 heterocycles. The number of primary sulfonamides is 1. The van der Waals surface area contributed by atoms with E-state index in [2.05, 4.69) is 4.99 Å². The predicted molar refractivity (Wildman–Crippen MR) is 100.0 cm³/mol. The molecule has 0 saturated carbocycles. The molecule has 1 aliphatic rings. The number of amidine groups is 1. The van der Waals surface area contributed by atoms with Crippen molar-refractivity contribution in [2.75, 3.05) is 25.2 Å². The van der Waals surface area contributed by atoms with Crippen LogP contribution < -0.4 is 10.0 Å². The predicted octanol–water partition coefficient (Wildman–Crippen LogP) is 1.59. The van der Waals surface area contributed by atoms with Gasteiger partial charge in [-0.25, -0.2) is 18.5 Å². The number of nitrogens with zero attached hydrogens (tertiary/aromatic N) is 2. The number of halogens is 1.